The quantitative estimate of drug-likeness (QED) is 0.541. The van der Waals surface area contributed by atoms with E-state index in [9.17, 15) is 9.59 Å². The van der Waals surface area contributed by atoms with E-state index in [0.717, 1.165) is 0 Å². The Balaban J connectivity index is 2.93. The molecule has 7 heteroatoms. The lowest BCUT2D eigenvalue weighted by molar-refractivity contribution is 0.0529. The van der Waals surface area contributed by atoms with Crippen LogP contribution in [-0.4, -0.2) is 37.9 Å². The molecule has 134 valence electrons. The summed E-state index contributed by atoms with van der Waals surface area (Å²) in [5, 5.41) is 0.637. The molecule has 0 aliphatic heterocycles. The molecule has 0 spiro atoms. The Morgan fingerprint density at radius 2 is 2.00 bits per heavy atom. The van der Waals surface area contributed by atoms with Crippen molar-refractivity contribution >= 4 is 28.4 Å². The number of ether oxygens (including phenoxy) is 3. The number of carbonyl (C=O) groups is 2. The Bertz CT molecular complexity index is 574. The van der Waals surface area contributed by atoms with Crippen LogP contribution in [0.25, 0.3) is 0 Å². The van der Waals surface area contributed by atoms with Gasteiger partial charge in [-0.05, 0) is 52.3 Å². The summed E-state index contributed by atoms with van der Waals surface area (Å²) in [6, 6.07) is 3.38. The van der Waals surface area contributed by atoms with Crippen LogP contribution in [0.4, 0.5) is 9.80 Å². The van der Waals surface area contributed by atoms with Crippen molar-refractivity contribution < 1.29 is 23.8 Å². The summed E-state index contributed by atoms with van der Waals surface area (Å²) in [7, 11) is 1.56. The zero-order valence-electron chi connectivity index (χ0n) is 14.8. The van der Waals surface area contributed by atoms with Crippen molar-refractivity contribution in [2.45, 2.75) is 39.7 Å². The average molecular weight is 355 g/mol. The second-order valence-electron chi connectivity index (χ2n) is 5.89. The van der Waals surface area contributed by atoms with Crippen LogP contribution in [0.15, 0.2) is 24.5 Å². The van der Waals surface area contributed by atoms with E-state index in [-0.39, 0.29) is 0 Å². The number of methoxy groups -OCH3 is 1. The molecule has 6 nitrogen and oxygen atoms in total. The van der Waals surface area contributed by atoms with Gasteiger partial charge in [0, 0.05) is 6.54 Å². The highest BCUT2D eigenvalue weighted by molar-refractivity contribution is 7.18. The van der Waals surface area contributed by atoms with Gasteiger partial charge < -0.3 is 14.2 Å². The fraction of sp³-hybridized carbons (Fsp3) is 0.529. The summed E-state index contributed by atoms with van der Waals surface area (Å²) in [4.78, 5) is 26.2. The van der Waals surface area contributed by atoms with Crippen LogP contribution in [-0.2, 0) is 14.2 Å². The number of thiophene rings is 1. The maximum absolute atomic E-state index is 12.5. The van der Waals surface area contributed by atoms with Crippen LogP contribution in [0, 0.1) is 0 Å². The van der Waals surface area contributed by atoms with Gasteiger partial charge in [-0.15, -0.1) is 11.3 Å². The Labute approximate surface area is 147 Å². The van der Waals surface area contributed by atoms with Crippen molar-refractivity contribution in [2.75, 3.05) is 25.2 Å². The lowest BCUT2D eigenvalue weighted by atomic mass is 10.2. The molecular formula is C17H25NO5S. The molecule has 0 saturated carbocycles. The van der Waals surface area contributed by atoms with Crippen LogP contribution < -0.4 is 4.90 Å². The van der Waals surface area contributed by atoms with Gasteiger partial charge in [-0.25, -0.2) is 9.59 Å². The topological polar surface area (TPSA) is 65.1 Å². The van der Waals surface area contributed by atoms with Crippen molar-refractivity contribution in [2.24, 2.45) is 0 Å². The molecule has 0 saturated heterocycles. The molecule has 0 atom stereocenters. The van der Waals surface area contributed by atoms with E-state index in [1.165, 1.54) is 16.2 Å². The maximum Gasteiger partial charge on any atom is 0.415 e. The van der Waals surface area contributed by atoms with Crippen LogP contribution in [0.3, 0.4) is 0 Å². The predicted octanol–water partition coefficient (Wildman–Crippen LogP) is 4.22. The van der Waals surface area contributed by atoms with Crippen molar-refractivity contribution in [3.8, 4) is 0 Å². The molecule has 1 rings (SSSR count). The van der Waals surface area contributed by atoms with Crippen LogP contribution in [0.2, 0.25) is 0 Å². The van der Waals surface area contributed by atoms with E-state index >= 15 is 0 Å². The molecular weight excluding hydrogens is 330 g/mol. The molecule has 0 aliphatic rings. The Morgan fingerprint density at radius 1 is 1.29 bits per heavy atom. The minimum Gasteiger partial charge on any atom is -0.505 e. The number of amides is 1. The van der Waals surface area contributed by atoms with E-state index in [0.29, 0.717) is 29.5 Å². The average Bonchev–Trinajstić information content (AvgIpc) is 2.95. The van der Waals surface area contributed by atoms with Gasteiger partial charge in [0.05, 0.1) is 20.0 Å². The van der Waals surface area contributed by atoms with Crippen molar-refractivity contribution in [1.82, 2.24) is 0 Å². The monoisotopic (exact) mass is 355 g/mol. The molecule has 1 heterocycles. The Hall–Kier alpha value is -2.02. The molecule has 0 N–H and O–H groups in total. The Morgan fingerprint density at radius 3 is 2.58 bits per heavy atom. The predicted molar refractivity (Wildman–Crippen MR) is 94.6 cm³/mol. The molecule has 0 aliphatic carbocycles. The highest BCUT2D eigenvalue weighted by Gasteiger charge is 2.25. The Kier molecular flexibility index (Phi) is 7.78. The van der Waals surface area contributed by atoms with Gasteiger partial charge >= 0.3 is 12.1 Å². The molecule has 1 amide bonds. The molecule has 1 aromatic heterocycles. The SMILES string of the molecule is CCOC(=O)c1ccc(N(CCC=COC)C(=O)OC(C)(C)C)s1. The van der Waals surface area contributed by atoms with Gasteiger partial charge in [-0.2, -0.15) is 0 Å². The number of hydrogen-bond donors (Lipinski definition) is 0. The first-order chi connectivity index (χ1) is 11.3. The highest BCUT2D eigenvalue weighted by Crippen LogP contribution is 2.28. The summed E-state index contributed by atoms with van der Waals surface area (Å²) in [6.45, 7) is 7.91. The third kappa shape index (κ3) is 6.62. The van der Waals surface area contributed by atoms with Crippen LogP contribution in [0.1, 0.15) is 43.8 Å². The molecule has 0 bridgehead atoms. The normalized spacial score (nSPS) is 11.4. The van der Waals surface area contributed by atoms with Crippen LogP contribution in [0.5, 0.6) is 0 Å². The second kappa shape index (κ2) is 9.32. The minimum atomic E-state index is -0.598. The van der Waals surface area contributed by atoms with E-state index in [1.54, 1.807) is 32.4 Å². The first-order valence-electron chi connectivity index (χ1n) is 7.73. The summed E-state index contributed by atoms with van der Waals surface area (Å²) in [6.07, 6.45) is 3.52. The summed E-state index contributed by atoms with van der Waals surface area (Å²) >= 11 is 1.20. The maximum atomic E-state index is 12.5. The number of esters is 1. The molecule has 0 aromatic carbocycles. The zero-order chi connectivity index (χ0) is 18.2. The second-order valence-corrected chi connectivity index (χ2v) is 6.95. The van der Waals surface area contributed by atoms with Gasteiger partial charge in [-0.1, -0.05) is 0 Å². The van der Waals surface area contributed by atoms with Gasteiger partial charge in [0.25, 0.3) is 0 Å². The molecule has 0 unspecified atom stereocenters. The number of anilines is 1. The lowest BCUT2D eigenvalue weighted by Gasteiger charge is -2.26. The van der Waals surface area contributed by atoms with E-state index in [4.69, 9.17) is 14.2 Å². The smallest absolute Gasteiger partial charge is 0.415 e. The fourth-order valence-electron chi connectivity index (χ4n) is 1.76. The molecule has 0 fully saturated rings. The fourth-order valence-corrected chi connectivity index (χ4v) is 2.68. The van der Waals surface area contributed by atoms with Crippen LogP contribution >= 0.6 is 11.3 Å². The molecule has 1 aromatic rings. The van der Waals surface area contributed by atoms with E-state index in [2.05, 4.69) is 0 Å². The zero-order valence-corrected chi connectivity index (χ0v) is 15.6. The van der Waals surface area contributed by atoms with Crippen molar-refractivity contribution in [3.63, 3.8) is 0 Å². The summed E-state index contributed by atoms with van der Waals surface area (Å²) in [5.41, 5.74) is -0.598. The van der Waals surface area contributed by atoms with Crippen molar-refractivity contribution in [3.05, 3.63) is 29.3 Å². The first kappa shape index (κ1) is 20.0. The third-order valence-corrected chi connectivity index (χ3v) is 3.79. The summed E-state index contributed by atoms with van der Waals surface area (Å²) < 4.78 is 15.3. The summed E-state index contributed by atoms with van der Waals surface area (Å²) in [5.74, 6) is -0.392. The largest absolute Gasteiger partial charge is 0.505 e. The van der Waals surface area contributed by atoms with E-state index < -0.39 is 17.7 Å². The number of hydrogen-bond acceptors (Lipinski definition) is 6. The number of carbonyl (C=O) groups excluding carboxylic acids is 2. The highest BCUT2D eigenvalue weighted by atomic mass is 32.1. The third-order valence-electron chi connectivity index (χ3n) is 2.70. The van der Waals surface area contributed by atoms with Crippen molar-refractivity contribution in [1.29, 1.82) is 0 Å². The minimum absolute atomic E-state index is 0.309. The standard InChI is InChI=1S/C17H25NO5S/c1-6-22-15(19)13-9-10-14(24-13)18(11-7-8-12-21-5)16(20)23-17(2,3)4/h8-10,12H,6-7,11H2,1-5H3. The number of rotatable bonds is 7. The van der Waals surface area contributed by atoms with Gasteiger partial charge in [0.1, 0.15) is 15.5 Å². The van der Waals surface area contributed by atoms with E-state index in [1.807, 2.05) is 26.8 Å². The first-order valence-corrected chi connectivity index (χ1v) is 8.55. The number of nitrogens with zero attached hydrogens (tertiary/aromatic N) is 1. The molecule has 24 heavy (non-hydrogen) atoms. The van der Waals surface area contributed by atoms with Gasteiger partial charge in [0.15, 0.2) is 0 Å². The van der Waals surface area contributed by atoms with Gasteiger partial charge in [-0.3, -0.25) is 4.90 Å². The molecule has 0 radical (unpaired) electrons. The lowest BCUT2D eigenvalue weighted by Crippen LogP contribution is -2.37. The van der Waals surface area contributed by atoms with Gasteiger partial charge in [0.2, 0.25) is 0 Å².